The first-order valence-electron chi connectivity index (χ1n) is 2.83. The van der Waals surface area contributed by atoms with Crippen LogP contribution in [-0.4, -0.2) is 25.5 Å². The van der Waals surface area contributed by atoms with Crippen LogP contribution in [0.3, 0.4) is 0 Å². The molecule has 0 fully saturated rings. The van der Waals surface area contributed by atoms with Gasteiger partial charge in [-0.2, -0.15) is 0 Å². The standard InChI is InChI=1S/C7H13NS/c1-4-9-7-5-6-8(2)3/h4-5,7H,1,6H2,2-3H3/b7-5-. The molecule has 0 amide bonds. The van der Waals surface area contributed by atoms with Gasteiger partial charge in [-0.1, -0.05) is 12.7 Å². The molecule has 0 unspecified atom stereocenters. The maximum Gasteiger partial charge on any atom is 0.0165 e. The molecular formula is C7H13NS. The number of likely N-dealkylation sites (N-methyl/N-ethyl adjacent to an activating group) is 1. The third-order valence-corrected chi connectivity index (χ3v) is 1.28. The molecule has 2 heteroatoms. The van der Waals surface area contributed by atoms with Crippen molar-refractivity contribution in [3.8, 4) is 0 Å². The summed E-state index contributed by atoms with van der Waals surface area (Å²) in [7, 11) is 4.09. The van der Waals surface area contributed by atoms with E-state index in [2.05, 4.69) is 17.6 Å². The Balaban J connectivity index is 3.14. The highest BCUT2D eigenvalue weighted by atomic mass is 32.2. The Kier molecular flexibility index (Phi) is 5.78. The van der Waals surface area contributed by atoms with Gasteiger partial charge in [0, 0.05) is 6.54 Å². The Morgan fingerprint density at radius 3 is 2.67 bits per heavy atom. The van der Waals surface area contributed by atoms with Crippen molar-refractivity contribution in [2.75, 3.05) is 20.6 Å². The molecule has 0 rings (SSSR count). The summed E-state index contributed by atoms with van der Waals surface area (Å²) in [4.78, 5) is 2.11. The zero-order valence-electron chi connectivity index (χ0n) is 6.00. The van der Waals surface area contributed by atoms with Crippen molar-refractivity contribution in [3.05, 3.63) is 23.5 Å². The summed E-state index contributed by atoms with van der Waals surface area (Å²) in [6.45, 7) is 4.58. The van der Waals surface area contributed by atoms with Gasteiger partial charge in [0.25, 0.3) is 0 Å². The van der Waals surface area contributed by atoms with E-state index in [1.54, 1.807) is 11.8 Å². The summed E-state index contributed by atoms with van der Waals surface area (Å²) in [6.07, 6.45) is 2.10. The topological polar surface area (TPSA) is 3.24 Å². The van der Waals surface area contributed by atoms with Gasteiger partial charge in [0.2, 0.25) is 0 Å². The predicted octanol–water partition coefficient (Wildman–Crippen LogP) is 1.94. The summed E-state index contributed by atoms with van der Waals surface area (Å²) in [5.74, 6) is 0. The lowest BCUT2D eigenvalue weighted by Crippen LogP contribution is -2.10. The molecule has 0 saturated carbocycles. The van der Waals surface area contributed by atoms with Gasteiger partial charge in [-0.15, -0.1) is 11.8 Å². The van der Waals surface area contributed by atoms with Gasteiger partial charge in [-0.25, -0.2) is 0 Å². The maximum absolute atomic E-state index is 3.58. The molecular weight excluding hydrogens is 130 g/mol. The minimum atomic E-state index is 1.00. The highest BCUT2D eigenvalue weighted by Crippen LogP contribution is 2.00. The molecule has 0 aromatic heterocycles. The van der Waals surface area contributed by atoms with E-state index in [1.165, 1.54) is 0 Å². The lowest BCUT2D eigenvalue weighted by Gasteiger charge is -2.02. The van der Waals surface area contributed by atoms with Crippen LogP contribution in [0.25, 0.3) is 0 Å². The molecule has 0 spiro atoms. The van der Waals surface area contributed by atoms with Crippen molar-refractivity contribution in [2.45, 2.75) is 0 Å². The molecule has 1 nitrogen and oxygen atoms in total. The van der Waals surface area contributed by atoms with Gasteiger partial charge >= 0.3 is 0 Å². The SMILES string of the molecule is C=CS/C=C\CN(C)C. The van der Waals surface area contributed by atoms with E-state index in [-0.39, 0.29) is 0 Å². The van der Waals surface area contributed by atoms with Crippen molar-refractivity contribution in [2.24, 2.45) is 0 Å². The summed E-state index contributed by atoms with van der Waals surface area (Å²) >= 11 is 1.61. The van der Waals surface area contributed by atoms with Gasteiger partial charge in [0.15, 0.2) is 0 Å². The van der Waals surface area contributed by atoms with Crippen LogP contribution >= 0.6 is 11.8 Å². The monoisotopic (exact) mass is 143 g/mol. The molecule has 0 saturated heterocycles. The molecule has 0 heterocycles. The van der Waals surface area contributed by atoms with E-state index in [1.807, 2.05) is 24.9 Å². The van der Waals surface area contributed by atoms with E-state index in [0.717, 1.165) is 6.54 Å². The Labute approximate surface area is 61.4 Å². The van der Waals surface area contributed by atoms with E-state index in [9.17, 15) is 0 Å². The summed E-state index contributed by atoms with van der Waals surface area (Å²) < 4.78 is 0. The number of hydrogen-bond donors (Lipinski definition) is 0. The van der Waals surface area contributed by atoms with Crippen molar-refractivity contribution < 1.29 is 0 Å². The first kappa shape index (κ1) is 8.79. The van der Waals surface area contributed by atoms with Crippen LogP contribution < -0.4 is 0 Å². The third kappa shape index (κ3) is 7.79. The molecule has 0 aliphatic rings. The highest BCUT2D eigenvalue weighted by molar-refractivity contribution is 8.04. The number of thioether (sulfide) groups is 1. The zero-order valence-corrected chi connectivity index (χ0v) is 6.82. The molecule has 0 aliphatic heterocycles. The normalized spacial score (nSPS) is 11.0. The Hall–Kier alpha value is -0.210. The summed E-state index contributed by atoms with van der Waals surface area (Å²) in [6, 6.07) is 0. The lowest BCUT2D eigenvalue weighted by atomic mass is 10.6. The number of hydrogen-bond acceptors (Lipinski definition) is 2. The quantitative estimate of drug-likeness (QED) is 0.591. The summed E-state index contributed by atoms with van der Waals surface area (Å²) in [5.41, 5.74) is 0. The fourth-order valence-corrected chi connectivity index (χ4v) is 0.673. The van der Waals surface area contributed by atoms with Gasteiger partial charge in [-0.3, -0.25) is 0 Å². The van der Waals surface area contributed by atoms with Crippen LogP contribution in [0.1, 0.15) is 0 Å². The minimum absolute atomic E-state index is 1.00. The van der Waals surface area contributed by atoms with E-state index in [0.29, 0.717) is 0 Å². The van der Waals surface area contributed by atoms with Crippen LogP contribution in [-0.2, 0) is 0 Å². The van der Waals surface area contributed by atoms with Gasteiger partial charge in [0.05, 0.1) is 0 Å². The Morgan fingerprint density at radius 1 is 1.56 bits per heavy atom. The van der Waals surface area contributed by atoms with Gasteiger partial charge < -0.3 is 4.90 Å². The van der Waals surface area contributed by atoms with E-state index < -0.39 is 0 Å². The number of nitrogens with zero attached hydrogens (tertiary/aromatic N) is 1. The van der Waals surface area contributed by atoms with Crippen LogP contribution in [0, 0.1) is 0 Å². The summed E-state index contributed by atoms with van der Waals surface area (Å²) in [5, 5.41) is 3.85. The Morgan fingerprint density at radius 2 is 2.22 bits per heavy atom. The number of rotatable bonds is 4. The first-order valence-corrected chi connectivity index (χ1v) is 3.77. The van der Waals surface area contributed by atoms with Crippen molar-refractivity contribution in [3.63, 3.8) is 0 Å². The highest BCUT2D eigenvalue weighted by Gasteiger charge is 1.79. The second-order valence-electron chi connectivity index (χ2n) is 1.94. The lowest BCUT2D eigenvalue weighted by molar-refractivity contribution is 0.457. The van der Waals surface area contributed by atoms with E-state index >= 15 is 0 Å². The molecule has 52 valence electrons. The van der Waals surface area contributed by atoms with Crippen LogP contribution in [0.4, 0.5) is 0 Å². The third-order valence-electron chi connectivity index (χ3n) is 0.742. The second-order valence-corrected chi connectivity index (χ2v) is 2.81. The minimum Gasteiger partial charge on any atom is -0.306 e. The average Bonchev–Trinajstić information content (AvgIpc) is 1.80. The molecule has 0 N–H and O–H groups in total. The smallest absolute Gasteiger partial charge is 0.0165 e. The van der Waals surface area contributed by atoms with Crippen LogP contribution in [0.15, 0.2) is 23.5 Å². The average molecular weight is 143 g/mol. The molecule has 0 aromatic carbocycles. The molecule has 9 heavy (non-hydrogen) atoms. The maximum atomic E-state index is 3.58. The molecule has 0 atom stereocenters. The molecule has 0 aromatic rings. The predicted molar refractivity (Wildman–Crippen MR) is 45.5 cm³/mol. The fraction of sp³-hybridized carbons (Fsp3) is 0.429. The Bertz CT molecular complexity index is 97.1. The van der Waals surface area contributed by atoms with Crippen LogP contribution in [0.5, 0.6) is 0 Å². The van der Waals surface area contributed by atoms with Gasteiger partial charge in [-0.05, 0) is 24.9 Å². The molecule has 0 aliphatic carbocycles. The van der Waals surface area contributed by atoms with Crippen molar-refractivity contribution in [1.29, 1.82) is 0 Å². The van der Waals surface area contributed by atoms with E-state index in [4.69, 9.17) is 0 Å². The van der Waals surface area contributed by atoms with Gasteiger partial charge in [0.1, 0.15) is 0 Å². The molecule has 0 bridgehead atoms. The van der Waals surface area contributed by atoms with Crippen molar-refractivity contribution >= 4 is 11.8 Å². The molecule has 0 radical (unpaired) electrons. The fourth-order valence-electron chi connectivity index (χ4n) is 0.365. The zero-order chi connectivity index (χ0) is 7.11. The second kappa shape index (κ2) is 5.92. The van der Waals surface area contributed by atoms with Crippen LogP contribution in [0.2, 0.25) is 0 Å². The largest absolute Gasteiger partial charge is 0.306 e. The first-order chi connectivity index (χ1) is 4.27. The van der Waals surface area contributed by atoms with Crippen molar-refractivity contribution in [1.82, 2.24) is 4.90 Å².